The van der Waals surface area contributed by atoms with E-state index in [2.05, 4.69) is 0 Å². The van der Waals surface area contributed by atoms with Gasteiger partial charge < -0.3 is 15.7 Å². The van der Waals surface area contributed by atoms with Gasteiger partial charge in [-0.1, -0.05) is 6.07 Å². The van der Waals surface area contributed by atoms with E-state index in [1.807, 2.05) is 0 Å². The quantitative estimate of drug-likeness (QED) is 0.490. The normalized spacial score (nSPS) is 21.3. The van der Waals surface area contributed by atoms with Crippen LogP contribution >= 0.6 is 0 Å². The first kappa shape index (κ1) is 14.8. The molecule has 1 heterocycles. The van der Waals surface area contributed by atoms with Crippen molar-refractivity contribution in [2.24, 2.45) is 0 Å². The summed E-state index contributed by atoms with van der Waals surface area (Å²) < 4.78 is 0. The number of nitrogens with two attached hydrogens (primary N) is 1. The molecule has 1 atom stereocenters. The number of nitro groups is 1. The number of anilines is 1. The number of rotatable bonds is 3. The van der Waals surface area contributed by atoms with Gasteiger partial charge >= 0.3 is 5.97 Å². The third-order valence-corrected chi connectivity index (χ3v) is 3.86. The number of nitrogens with zero attached hydrogens (tertiary/aromatic N) is 2. The van der Waals surface area contributed by atoms with E-state index in [0.29, 0.717) is 12.8 Å². The Labute approximate surface area is 120 Å². The zero-order valence-electron chi connectivity index (χ0n) is 11.4. The average Bonchev–Trinajstić information content (AvgIpc) is 2.81. The van der Waals surface area contributed by atoms with Crippen molar-refractivity contribution < 1.29 is 19.6 Å². The molecule has 1 aromatic carbocycles. The van der Waals surface area contributed by atoms with Crippen molar-refractivity contribution in [1.82, 2.24) is 4.90 Å². The van der Waals surface area contributed by atoms with E-state index in [0.717, 1.165) is 0 Å². The lowest BCUT2D eigenvalue weighted by molar-refractivity contribution is -0.383. The molecule has 0 aliphatic carbocycles. The van der Waals surface area contributed by atoms with Gasteiger partial charge in [-0.2, -0.15) is 0 Å². The number of hydrogen-bond acceptors (Lipinski definition) is 5. The molecule has 8 nitrogen and oxygen atoms in total. The zero-order valence-corrected chi connectivity index (χ0v) is 11.4. The van der Waals surface area contributed by atoms with Gasteiger partial charge in [0.2, 0.25) is 0 Å². The summed E-state index contributed by atoms with van der Waals surface area (Å²) in [5, 5.41) is 20.2. The Morgan fingerprint density at radius 3 is 2.71 bits per heavy atom. The van der Waals surface area contributed by atoms with E-state index in [-0.39, 0.29) is 23.5 Å². The van der Waals surface area contributed by atoms with Crippen LogP contribution in [0.5, 0.6) is 0 Å². The molecule has 1 unspecified atom stereocenters. The molecule has 0 saturated carbocycles. The smallest absolute Gasteiger partial charge is 0.329 e. The highest BCUT2D eigenvalue weighted by Crippen LogP contribution is 2.33. The second-order valence-electron chi connectivity index (χ2n) is 5.13. The second-order valence-corrected chi connectivity index (χ2v) is 5.13. The lowest BCUT2D eigenvalue weighted by Gasteiger charge is -2.31. The summed E-state index contributed by atoms with van der Waals surface area (Å²) in [6.07, 6.45) is 0.895. The summed E-state index contributed by atoms with van der Waals surface area (Å²) in [5.74, 6) is -1.70. The van der Waals surface area contributed by atoms with Gasteiger partial charge in [0.05, 0.1) is 10.5 Å². The molecular formula is C13H15N3O5. The Hall–Kier alpha value is -2.64. The molecular weight excluding hydrogens is 278 g/mol. The Bertz CT molecular complexity index is 630. The van der Waals surface area contributed by atoms with Crippen LogP contribution in [0.1, 0.15) is 30.1 Å². The third kappa shape index (κ3) is 2.28. The van der Waals surface area contributed by atoms with Crippen molar-refractivity contribution in [3.05, 3.63) is 33.9 Å². The standard InChI is InChI=1S/C13H15N3O5/c1-13(12(18)19)6-3-7-15(13)11(17)8-4-2-5-9(10(8)14)16(20)21/h2,4-5H,3,6-7,14H2,1H3,(H,18,19). The minimum absolute atomic E-state index is 0.0430. The van der Waals surface area contributed by atoms with Gasteiger partial charge in [-0.05, 0) is 25.8 Å². The number of likely N-dealkylation sites (tertiary alicyclic amines) is 1. The number of aliphatic carboxylic acids is 1. The van der Waals surface area contributed by atoms with Crippen LogP contribution in [0.2, 0.25) is 0 Å². The summed E-state index contributed by atoms with van der Waals surface area (Å²) in [5.41, 5.74) is 3.72. The van der Waals surface area contributed by atoms with Gasteiger partial charge in [0.25, 0.3) is 11.6 Å². The Morgan fingerprint density at radius 2 is 2.14 bits per heavy atom. The van der Waals surface area contributed by atoms with Crippen LogP contribution in [0.25, 0.3) is 0 Å². The highest BCUT2D eigenvalue weighted by atomic mass is 16.6. The second kappa shape index (κ2) is 5.04. The van der Waals surface area contributed by atoms with Gasteiger partial charge in [0.15, 0.2) is 0 Å². The Kier molecular flexibility index (Phi) is 3.54. The molecule has 2 rings (SSSR count). The number of nitro benzene ring substituents is 1. The van der Waals surface area contributed by atoms with E-state index in [4.69, 9.17) is 5.73 Å². The van der Waals surface area contributed by atoms with Crippen molar-refractivity contribution in [3.63, 3.8) is 0 Å². The van der Waals surface area contributed by atoms with Crippen LogP contribution in [0.15, 0.2) is 18.2 Å². The maximum Gasteiger partial charge on any atom is 0.329 e. The highest BCUT2D eigenvalue weighted by Gasteiger charge is 2.46. The molecule has 0 spiro atoms. The Morgan fingerprint density at radius 1 is 1.48 bits per heavy atom. The largest absolute Gasteiger partial charge is 0.480 e. The summed E-state index contributed by atoms with van der Waals surface area (Å²) in [4.78, 5) is 35.3. The fourth-order valence-corrected chi connectivity index (χ4v) is 2.56. The average molecular weight is 293 g/mol. The van der Waals surface area contributed by atoms with Crippen LogP contribution in [-0.4, -0.2) is 38.9 Å². The molecule has 0 radical (unpaired) electrons. The Balaban J connectivity index is 2.44. The van der Waals surface area contributed by atoms with Crippen molar-refractivity contribution in [1.29, 1.82) is 0 Å². The van der Waals surface area contributed by atoms with Gasteiger partial charge in [0, 0.05) is 12.6 Å². The lowest BCUT2D eigenvalue weighted by atomic mass is 9.98. The molecule has 1 aliphatic heterocycles. The molecule has 1 aliphatic rings. The first-order chi connectivity index (χ1) is 9.79. The molecule has 1 fully saturated rings. The van der Waals surface area contributed by atoms with Crippen LogP contribution in [0, 0.1) is 10.1 Å². The first-order valence-electron chi connectivity index (χ1n) is 6.37. The van der Waals surface area contributed by atoms with Gasteiger partial charge in [-0.3, -0.25) is 14.9 Å². The first-order valence-corrected chi connectivity index (χ1v) is 6.37. The van der Waals surface area contributed by atoms with Crippen molar-refractivity contribution in [2.75, 3.05) is 12.3 Å². The minimum atomic E-state index is -1.31. The van der Waals surface area contributed by atoms with Crippen LogP contribution in [0.3, 0.4) is 0 Å². The molecule has 1 amide bonds. The number of carbonyl (C=O) groups is 2. The number of carboxylic acid groups (broad SMARTS) is 1. The van der Waals surface area contributed by atoms with Gasteiger partial charge in [-0.15, -0.1) is 0 Å². The third-order valence-electron chi connectivity index (χ3n) is 3.86. The highest BCUT2D eigenvalue weighted by molar-refractivity contribution is 6.03. The fourth-order valence-electron chi connectivity index (χ4n) is 2.56. The van der Waals surface area contributed by atoms with E-state index >= 15 is 0 Å². The van der Waals surface area contributed by atoms with E-state index < -0.39 is 22.3 Å². The summed E-state index contributed by atoms with van der Waals surface area (Å²) in [6, 6.07) is 3.92. The maximum absolute atomic E-state index is 12.5. The van der Waals surface area contributed by atoms with Crippen LogP contribution in [-0.2, 0) is 4.79 Å². The molecule has 112 valence electrons. The number of carboxylic acids is 1. The van der Waals surface area contributed by atoms with Gasteiger partial charge in [-0.25, -0.2) is 4.79 Å². The predicted molar refractivity (Wildman–Crippen MR) is 73.8 cm³/mol. The maximum atomic E-state index is 12.5. The zero-order chi connectivity index (χ0) is 15.8. The molecule has 1 saturated heterocycles. The summed E-state index contributed by atoms with van der Waals surface area (Å²) >= 11 is 0. The number of benzene rings is 1. The molecule has 3 N–H and O–H groups in total. The van der Waals surface area contributed by atoms with E-state index in [9.17, 15) is 24.8 Å². The van der Waals surface area contributed by atoms with E-state index in [1.165, 1.54) is 30.0 Å². The number of para-hydroxylation sites is 1. The van der Waals surface area contributed by atoms with Crippen molar-refractivity contribution in [3.8, 4) is 0 Å². The SMILES string of the molecule is CC1(C(=O)O)CCCN1C(=O)c1cccc([N+](=O)[O-])c1N. The van der Waals surface area contributed by atoms with Crippen LogP contribution in [0.4, 0.5) is 11.4 Å². The molecule has 1 aromatic rings. The van der Waals surface area contributed by atoms with Crippen molar-refractivity contribution >= 4 is 23.3 Å². The number of nitrogen functional groups attached to an aromatic ring is 1. The van der Waals surface area contributed by atoms with Crippen molar-refractivity contribution in [2.45, 2.75) is 25.3 Å². The number of hydrogen-bond donors (Lipinski definition) is 2. The lowest BCUT2D eigenvalue weighted by Crippen LogP contribution is -2.50. The van der Waals surface area contributed by atoms with E-state index in [1.54, 1.807) is 0 Å². The van der Waals surface area contributed by atoms with Crippen LogP contribution < -0.4 is 5.73 Å². The topological polar surface area (TPSA) is 127 Å². The van der Waals surface area contributed by atoms with Gasteiger partial charge in [0.1, 0.15) is 11.2 Å². The summed E-state index contributed by atoms with van der Waals surface area (Å²) in [6.45, 7) is 1.75. The summed E-state index contributed by atoms with van der Waals surface area (Å²) in [7, 11) is 0. The minimum Gasteiger partial charge on any atom is -0.480 e. The molecule has 8 heteroatoms. The monoisotopic (exact) mass is 293 g/mol. The molecule has 0 aromatic heterocycles. The fraction of sp³-hybridized carbons (Fsp3) is 0.385. The predicted octanol–water partition coefficient (Wildman–Crippen LogP) is 1.26. The number of amides is 1. The molecule has 21 heavy (non-hydrogen) atoms. The number of carbonyl (C=O) groups excluding carboxylic acids is 1. The molecule has 0 bridgehead atoms.